The van der Waals surface area contributed by atoms with Crippen LogP contribution in [0.2, 0.25) is 5.02 Å². The molecule has 0 atom stereocenters. The Labute approximate surface area is 118 Å². The van der Waals surface area contributed by atoms with Crippen molar-refractivity contribution < 1.29 is 9.59 Å². The summed E-state index contributed by atoms with van der Waals surface area (Å²) in [6, 6.07) is 4.76. The predicted octanol–water partition coefficient (Wildman–Crippen LogP) is 2.70. The fraction of sp³-hybridized carbons (Fsp3) is 0.429. The van der Waals surface area contributed by atoms with Crippen LogP contribution >= 0.6 is 11.6 Å². The third-order valence-corrected chi connectivity index (χ3v) is 3.18. The van der Waals surface area contributed by atoms with Gasteiger partial charge in [0.05, 0.1) is 16.1 Å². The van der Waals surface area contributed by atoms with E-state index in [2.05, 4.69) is 0 Å². The molecular weight excluding hydrogens is 264 g/mol. The molecule has 19 heavy (non-hydrogen) atoms. The standard InChI is InChI=1S/C14H19ClN2O2/c1-3-8-17(9-4-2)14(19)11-7-5-6-10(12(11)15)13(16)18/h5-7H,3-4,8-9H2,1-2H3,(H2,16,18). The van der Waals surface area contributed by atoms with Crippen LogP contribution in [0, 0.1) is 0 Å². The lowest BCUT2D eigenvalue weighted by Crippen LogP contribution is -2.33. The first-order chi connectivity index (χ1) is 9.02. The molecule has 104 valence electrons. The lowest BCUT2D eigenvalue weighted by molar-refractivity contribution is 0.0755. The largest absolute Gasteiger partial charge is 0.366 e. The Morgan fingerprint density at radius 3 is 2.16 bits per heavy atom. The van der Waals surface area contributed by atoms with Crippen LogP contribution in [0.5, 0.6) is 0 Å². The number of carbonyl (C=O) groups is 2. The average molecular weight is 283 g/mol. The van der Waals surface area contributed by atoms with Gasteiger partial charge in [0, 0.05) is 13.1 Å². The summed E-state index contributed by atoms with van der Waals surface area (Å²) in [6.07, 6.45) is 1.75. The maximum absolute atomic E-state index is 12.4. The molecule has 5 heteroatoms. The molecule has 1 rings (SSSR count). The van der Waals surface area contributed by atoms with Crippen LogP contribution in [0.4, 0.5) is 0 Å². The first kappa shape index (κ1) is 15.5. The van der Waals surface area contributed by atoms with Gasteiger partial charge in [-0.15, -0.1) is 0 Å². The zero-order chi connectivity index (χ0) is 14.4. The Morgan fingerprint density at radius 1 is 1.16 bits per heavy atom. The second-order valence-electron chi connectivity index (χ2n) is 4.32. The van der Waals surface area contributed by atoms with Crippen LogP contribution in [-0.4, -0.2) is 29.8 Å². The molecule has 0 fully saturated rings. The van der Waals surface area contributed by atoms with E-state index in [0.717, 1.165) is 12.8 Å². The van der Waals surface area contributed by atoms with Crippen molar-refractivity contribution in [3.63, 3.8) is 0 Å². The van der Waals surface area contributed by atoms with Gasteiger partial charge in [-0.3, -0.25) is 9.59 Å². The van der Waals surface area contributed by atoms with Crippen molar-refractivity contribution in [1.29, 1.82) is 0 Å². The van der Waals surface area contributed by atoms with E-state index in [4.69, 9.17) is 17.3 Å². The molecule has 0 aromatic heterocycles. The molecule has 0 heterocycles. The summed E-state index contributed by atoms with van der Waals surface area (Å²) in [5.41, 5.74) is 5.74. The second kappa shape index (κ2) is 7.14. The number of nitrogens with zero attached hydrogens (tertiary/aromatic N) is 1. The van der Waals surface area contributed by atoms with Gasteiger partial charge in [0.15, 0.2) is 0 Å². The van der Waals surface area contributed by atoms with Gasteiger partial charge in [0.2, 0.25) is 5.91 Å². The van der Waals surface area contributed by atoms with Gasteiger partial charge in [-0.1, -0.05) is 31.5 Å². The van der Waals surface area contributed by atoms with E-state index < -0.39 is 5.91 Å². The fourth-order valence-electron chi connectivity index (χ4n) is 1.91. The number of nitrogens with two attached hydrogens (primary N) is 1. The Kier molecular flexibility index (Phi) is 5.83. The van der Waals surface area contributed by atoms with E-state index >= 15 is 0 Å². The minimum Gasteiger partial charge on any atom is -0.366 e. The summed E-state index contributed by atoms with van der Waals surface area (Å²) >= 11 is 6.09. The van der Waals surface area contributed by atoms with Crippen LogP contribution in [-0.2, 0) is 0 Å². The molecule has 1 aromatic carbocycles. The number of carbonyl (C=O) groups excluding carboxylic acids is 2. The quantitative estimate of drug-likeness (QED) is 0.872. The summed E-state index contributed by atoms with van der Waals surface area (Å²) in [4.78, 5) is 25.4. The molecule has 2 amide bonds. The zero-order valence-electron chi connectivity index (χ0n) is 11.3. The molecule has 0 unspecified atom stereocenters. The Morgan fingerprint density at radius 2 is 1.68 bits per heavy atom. The monoisotopic (exact) mass is 282 g/mol. The molecule has 0 spiro atoms. The fourth-order valence-corrected chi connectivity index (χ4v) is 2.21. The van der Waals surface area contributed by atoms with Crippen molar-refractivity contribution in [1.82, 2.24) is 4.90 Å². The minimum absolute atomic E-state index is 0.136. The van der Waals surface area contributed by atoms with Gasteiger partial charge in [-0.05, 0) is 25.0 Å². The summed E-state index contributed by atoms with van der Waals surface area (Å²) in [5.74, 6) is -0.783. The summed E-state index contributed by atoms with van der Waals surface area (Å²) in [7, 11) is 0. The van der Waals surface area contributed by atoms with E-state index in [9.17, 15) is 9.59 Å². The van der Waals surface area contributed by atoms with Gasteiger partial charge in [0.25, 0.3) is 5.91 Å². The van der Waals surface area contributed by atoms with Crippen LogP contribution in [0.15, 0.2) is 18.2 Å². The molecule has 0 bridgehead atoms. The number of benzene rings is 1. The van der Waals surface area contributed by atoms with Gasteiger partial charge in [-0.2, -0.15) is 0 Å². The van der Waals surface area contributed by atoms with E-state index in [1.165, 1.54) is 6.07 Å². The first-order valence-corrected chi connectivity index (χ1v) is 6.78. The lowest BCUT2D eigenvalue weighted by atomic mass is 10.1. The van der Waals surface area contributed by atoms with Gasteiger partial charge in [0.1, 0.15) is 0 Å². The topological polar surface area (TPSA) is 63.4 Å². The summed E-state index contributed by atoms with van der Waals surface area (Å²) < 4.78 is 0. The van der Waals surface area contributed by atoms with Gasteiger partial charge < -0.3 is 10.6 Å². The molecule has 0 radical (unpaired) electrons. The molecule has 4 nitrogen and oxygen atoms in total. The third kappa shape index (κ3) is 3.70. The van der Waals surface area contributed by atoms with E-state index in [1.807, 2.05) is 13.8 Å². The molecular formula is C14H19ClN2O2. The Hall–Kier alpha value is -1.55. The van der Waals surface area contributed by atoms with Crippen LogP contribution in [0.3, 0.4) is 0 Å². The number of primary amides is 1. The van der Waals surface area contributed by atoms with Gasteiger partial charge >= 0.3 is 0 Å². The zero-order valence-corrected chi connectivity index (χ0v) is 12.0. The smallest absolute Gasteiger partial charge is 0.255 e. The molecule has 0 aliphatic heterocycles. The van der Waals surface area contributed by atoms with Crippen molar-refractivity contribution in [2.75, 3.05) is 13.1 Å². The average Bonchev–Trinajstić information content (AvgIpc) is 2.37. The van der Waals surface area contributed by atoms with Crippen LogP contribution in [0.25, 0.3) is 0 Å². The van der Waals surface area contributed by atoms with Crippen LogP contribution < -0.4 is 5.73 Å². The number of amides is 2. The number of hydrogen-bond acceptors (Lipinski definition) is 2. The highest BCUT2D eigenvalue weighted by molar-refractivity contribution is 6.36. The van der Waals surface area contributed by atoms with Crippen molar-refractivity contribution in [3.05, 3.63) is 34.3 Å². The number of hydrogen-bond donors (Lipinski definition) is 1. The van der Waals surface area contributed by atoms with Crippen molar-refractivity contribution in [2.24, 2.45) is 5.73 Å². The highest BCUT2D eigenvalue weighted by Crippen LogP contribution is 2.22. The Bertz CT molecular complexity index is 469. The Balaban J connectivity index is 3.10. The summed E-state index contributed by atoms with van der Waals surface area (Å²) in [6.45, 7) is 5.36. The van der Waals surface area contributed by atoms with Crippen molar-refractivity contribution >= 4 is 23.4 Å². The highest BCUT2D eigenvalue weighted by Gasteiger charge is 2.20. The molecule has 2 N–H and O–H groups in total. The summed E-state index contributed by atoms with van der Waals surface area (Å²) in [5, 5.41) is 0.136. The third-order valence-electron chi connectivity index (χ3n) is 2.77. The normalized spacial score (nSPS) is 10.3. The molecule has 1 aromatic rings. The lowest BCUT2D eigenvalue weighted by Gasteiger charge is -2.22. The van der Waals surface area contributed by atoms with E-state index in [1.54, 1.807) is 17.0 Å². The maximum Gasteiger partial charge on any atom is 0.255 e. The second-order valence-corrected chi connectivity index (χ2v) is 4.70. The van der Waals surface area contributed by atoms with E-state index in [0.29, 0.717) is 18.7 Å². The van der Waals surface area contributed by atoms with Crippen molar-refractivity contribution in [3.8, 4) is 0 Å². The molecule has 0 saturated carbocycles. The molecule has 0 aliphatic carbocycles. The number of halogens is 1. The SMILES string of the molecule is CCCN(CCC)C(=O)c1cccc(C(N)=O)c1Cl. The predicted molar refractivity (Wildman–Crippen MR) is 76.5 cm³/mol. The molecule has 0 saturated heterocycles. The van der Waals surface area contributed by atoms with E-state index in [-0.39, 0.29) is 16.5 Å². The highest BCUT2D eigenvalue weighted by atomic mass is 35.5. The maximum atomic E-state index is 12.4. The number of rotatable bonds is 6. The minimum atomic E-state index is -0.628. The first-order valence-electron chi connectivity index (χ1n) is 6.40. The van der Waals surface area contributed by atoms with Crippen LogP contribution in [0.1, 0.15) is 47.4 Å². The van der Waals surface area contributed by atoms with Crippen molar-refractivity contribution in [2.45, 2.75) is 26.7 Å². The molecule has 0 aliphatic rings. The van der Waals surface area contributed by atoms with Gasteiger partial charge in [-0.25, -0.2) is 0 Å².